The van der Waals surface area contributed by atoms with E-state index >= 15 is 0 Å². The van der Waals surface area contributed by atoms with Gasteiger partial charge < -0.3 is 9.51 Å². The molecule has 0 bridgehead atoms. The van der Waals surface area contributed by atoms with E-state index < -0.39 is 5.60 Å². The molecule has 2 aromatic rings. The lowest BCUT2D eigenvalue weighted by molar-refractivity contribution is -0.00532. The fourth-order valence-electron chi connectivity index (χ4n) is 3.26. The molecule has 4 nitrogen and oxygen atoms in total. The van der Waals surface area contributed by atoms with Crippen molar-refractivity contribution in [2.24, 2.45) is 0 Å². The van der Waals surface area contributed by atoms with Gasteiger partial charge in [0.25, 0.3) is 0 Å². The summed E-state index contributed by atoms with van der Waals surface area (Å²) in [7, 11) is 0. The minimum Gasteiger partial charge on any atom is -0.389 e. The number of hydrogen-bond donors (Lipinski definition) is 1. The molecule has 0 saturated carbocycles. The molecule has 3 rings (SSSR count). The van der Waals surface area contributed by atoms with Gasteiger partial charge in [0.1, 0.15) is 5.65 Å². The third kappa shape index (κ3) is 2.58. The Balaban J connectivity index is 1.82. The van der Waals surface area contributed by atoms with Crippen molar-refractivity contribution in [3.8, 4) is 0 Å². The first-order chi connectivity index (χ1) is 9.43. The monoisotopic (exact) mass is 273 g/mol. The number of rotatable bonds is 3. The molecule has 2 aromatic heterocycles. The quantitative estimate of drug-likeness (QED) is 0.933. The zero-order chi connectivity index (χ0) is 14.3. The van der Waals surface area contributed by atoms with Gasteiger partial charge in [0, 0.05) is 25.0 Å². The molecule has 1 fully saturated rings. The Labute approximate surface area is 120 Å². The van der Waals surface area contributed by atoms with Gasteiger partial charge in [-0.15, -0.1) is 0 Å². The van der Waals surface area contributed by atoms with E-state index in [2.05, 4.69) is 45.7 Å². The highest BCUT2D eigenvalue weighted by atomic mass is 16.3. The van der Waals surface area contributed by atoms with Crippen LogP contribution >= 0.6 is 0 Å². The maximum absolute atomic E-state index is 10.3. The van der Waals surface area contributed by atoms with Crippen molar-refractivity contribution >= 4 is 5.65 Å². The molecule has 3 heterocycles. The molecular formula is C16H23N3O. The van der Waals surface area contributed by atoms with Gasteiger partial charge in [0.05, 0.1) is 11.3 Å². The van der Waals surface area contributed by atoms with E-state index in [9.17, 15) is 5.11 Å². The standard InChI is InChI=1S/C16H23N3O/c1-12-6-7-15-17-13(11-19(15)9-12)10-18-8-4-5-14(18)16(2,3)20/h6-7,9,11,14,20H,4-5,8,10H2,1-3H3. The zero-order valence-corrected chi connectivity index (χ0v) is 12.5. The third-order valence-electron chi connectivity index (χ3n) is 4.19. The summed E-state index contributed by atoms with van der Waals surface area (Å²) in [4.78, 5) is 7.03. The topological polar surface area (TPSA) is 40.8 Å². The van der Waals surface area contributed by atoms with Crippen LogP contribution in [0.25, 0.3) is 5.65 Å². The van der Waals surface area contributed by atoms with Gasteiger partial charge in [-0.2, -0.15) is 0 Å². The van der Waals surface area contributed by atoms with Crippen molar-refractivity contribution in [3.05, 3.63) is 35.8 Å². The van der Waals surface area contributed by atoms with Crippen molar-refractivity contribution in [1.29, 1.82) is 0 Å². The van der Waals surface area contributed by atoms with E-state index in [-0.39, 0.29) is 6.04 Å². The fraction of sp³-hybridized carbons (Fsp3) is 0.562. The van der Waals surface area contributed by atoms with Crippen molar-refractivity contribution in [2.75, 3.05) is 6.54 Å². The second kappa shape index (κ2) is 4.86. The van der Waals surface area contributed by atoms with Crippen LogP contribution in [0, 0.1) is 6.92 Å². The molecule has 0 spiro atoms. The van der Waals surface area contributed by atoms with Crippen LogP contribution in [0.5, 0.6) is 0 Å². The van der Waals surface area contributed by atoms with Gasteiger partial charge in [-0.25, -0.2) is 4.98 Å². The smallest absolute Gasteiger partial charge is 0.137 e. The highest BCUT2D eigenvalue weighted by Gasteiger charge is 2.35. The molecule has 1 atom stereocenters. The number of aliphatic hydroxyl groups is 1. The van der Waals surface area contributed by atoms with Crippen LogP contribution in [-0.4, -0.2) is 37.6 Å². The Morgan fingerprint density at radius 1 is 1.35 bits per heavy atom. The van der Waals surface area contributed by atoms with Crippen molar-refractivity contribution in [3.63, 3.8) is 0 Å². The molecule has 0 aliphatic carbocycles. The maximum atomic E-state index is 10.3. The van der Waals surface area contributed by atoms with Gasteiger partial charge >= 0.3 is 0 Å². The molecule has 20 heavy (non-hydrogen) atoms. The molecule has 1 saturated heterocycles. The summed E-state index contributed by atoms with van der Waals surface area (Å²) < 4.78 is 2.08. The SMILES string of the molecule is Cc1ccc2nc(CN3CCCC3C(C)(C)O)cn2c1. The Kier molecular flexibility index (Phi) is 3.30. The van der Waals surface area contributed by atoms with Gasteiger partial charge in [-0.3, -0.25) is 4.90 Å². The molecule has 108 valence electrons. The second-order valence-electron chi connectivity index (χ2n) is 6.49. The van der Waals surface area contributed by atoms with Crippen LogP contribution in [0.4, 0.5) is 0 Å². The molecule has 1 unspecified atom stereocenters. The van der Waals surface area contributed by atoms with E-state index in [0.29, 0.717) is 0 Å². The molecule has 1 aliphatic rings. The summed E-state index contributed by atoms with van der Waals surface area (Å²) in [6.45, 7) is 7.76. The Bertz CT molecular complexity index is 612. The first-order valence-electron chi connectivity index (χ1n) is 7.34. The minimum absolute atomic E-state index is 0.231. The minimum atomic E-state index is -0.647. The maximum Gasteiger partial charge on any atom is 0.137 e. The van der Waals surface area contributed by atoms with E-state index in [0.717, 1.165) is 37.3 Å². The molecule has 0 radical (unpaired) electrons. The number of likely N-dealkylation sites (tertiary alicyclic amines) is 1. The summed E-state index contributed by atoms with van der Waals surface area (Å²) in [5.41, 5.74) is 2.65. The van der Waals surface area contributed by atoms with Gasteiger partial charge in [0.2, 0.25) is 0 Å². The number of aryl methyl sites for hydroxylation is 1. The van der Waals surface area contributed by atoms with Gasteiger partial charge in [0.15, 0.2) is 0 Å². The van der Waals surface area contributed by atoms with Gasteiger partial charge in [-0.05, 0) is 51.8 Å². The first kappa shape index (κ1) is 13.6. The van der Waals surface area contributed by atoms with E-state index in [1.54, 1.807) is 0 Å². The van der Waals surface area contributed by atoms with Crippen molar-refractivity contribution < 1.29 is 5.11 Å². The molecule has 4 heteroatoms. The number of imidazole rings is 1. The van der Waals surface area contributed by atoms with Crippen LogP contribution in [0.2, 0.25) is 0 Å². The Morgan fingerprint density at radius 3 is 2.90 bits per heavy atom. The third-order valence-corrected chi connectivity index (χ3v) is 4.19. The van der Waals surface area contributed by atoms with E-state index in [1.165, 1.54) is 5.56 Å². The fourth-order valence-corrected chi connectivity index (χ4v) is 3.26. The number of fused-ring (bicyclic) bond motifs is 1. The van der Waals surface area contributed by atoms with Gasteiger partial charge in [-0.1, -0.05) is 6.07 Å². The first-order valence-corrected chi connectivity index (χ1v) is 7.34. The summed E-state index contributed by atoms with van der Waals surface area (Å²) in [5.74, 6) is 0. The van der Waals surface area contributed by atoms with Crippen LogP contribution < -0.4 is 0 Å². The predicted molar refractivity (Wildman–Crippen MR) is 79.7 cm³/mol. The molecule has 1 aliphatic heterocycles. The summed E-state index contributed by atoms with van der Waals surface area (Å²) in [6, 6.07) is 4.37. The number of hydrogen-bond acceptors (Lipinski definition) is 3. The van der Waals surface area contributed by atoms with Crippen LogP contribution in [0.15, 0.2) is 24.5 Å². The Morgan fingerprint density at radius 2 is 2.15 bits per heavy atom. The number of aromatic nitrogens is 2. The lowest BCUT2D eigenvalue weighted by Gasteiger charge is -2.33. The largest absolute Gasteiger partial charge is 0.389 e. The lowest BCUT2D eigenvalue weighted by Crippen LogP contribution is -2.45. The molecule has 0 aromatic carbocycles. The molecule has 0 amide bonds. The Hall–Kier alpha value is -1.39. The number of nitrogens with zero attached hydrogens (tertiary/aromatic N) is 3. The summed E-state index contributed by atoms with van der Waals surface area (Å²) >= 11 is 0. The van der Waals surface area contributed by atoms with Crippen molar-refractivity contribution in [1.82, 2.24) is 14.3 Å². The predicted octanol–water partition coefficient (Wildman–Crippen LogP) is 2.38. The average Bonchev–Trinajstić information content (AvgIpc) is 2.94. The molecule has 1 N–H and O–H groups in total. The van der Waals surface area contributed by atoms with E-state index in [1.807, 2.05) is 13.8 Å². The molecular weight excluding hydrogens is 250 g/mol. The van der Waals surface area contributed by atoms with Crippen LogP contribution in [0.3, 0.4) is 0 Å². The summed E-state index contributed by atoms with van der Waals surface area (Å²) in [5, 5.41) is 10.3. The van der Waals surface area contributed by atoms with Crippen molar-refractivity contribution in [2.45, 2.75) is 51.8 Å². The second-order valence-corrected chi connectivity index (χ2v) is 6.49. The zero-order valence-electron chi connectivity index (χ0n) is 12.5. The average molecular weight is 273 g/mol. The highest BCUT2D eigenvalue weighted by molar-refractivity contribution is 5.41. The van der Waals surface area contributed by atoms with Crippen LogP contribution in [-0.2, 0) is 6.54 Å². The highest BCUT2D eigenvalue weighted by Crippen LogP contribution is 2.28. The lowest BCUT2D eigenvalue weighted by atomic mass is 9.96. The van der Waals surface area contributed by atoms with Crippen LogP contribution in [0.1, 0.15) is 37.9 Å². The number of pyridine rings is 1. The normalized spacial score (nSPS) is 20.9. The van der Waals surface area contributed by atoms with E-state index in [4.69, 9.17) is 0 Å². The summed E-state index contributed by atoms with van der Waals surface area (Å²) in [6.07, 6.45) is 6.42.